The van der Waals surface area contributed by atoms with Crippen molar-refractivity contribution in [2.24, 2.45) is 0 Å². The Hall–Kier alpha value is -3.48. The average molecular weight is 381 g/mol. The molecule has 0 N–H and O–H groups in total. The number of hydrogen-bond acceptors (Lipinski definition) is 4. The third kappa shape index (κ3) is 3.38. The van der Waals surface area contributed by atoms with Gasteiger partial charge in [-0.25, -0.2) is 0 Å². The minimum atomic E-state index is -4.49. The average Bonchev–Trinajstić information content (AvgIpc) is 2.68. The van der Waals surface area contributed by atoms with Crippen molar-refractivity contribution in [3.05, 3.63) is 78.2 Å². The lowest BCUT2D eigenvalue weighted by atomic mass is 10.0. The smallest absolute Gasteiger partial charge is 0.416 e. The number of hydrogen-bond donors (Lipinski definition) is 0. The fraction of sp³-hybridized carbons (Fsp3) is 0.0952. The summed E-state index contributed by atoms with van der Waals surface area (Å²) in [4.78, 5) is 4.22. The first-order valence-electron chi connectivity index (χ1n) is 8.45. The molecule has 2 aromatic heterocycles. The normalized spacial score (nSPS) is 11.6. The zero-order valence-corrected chi connectivity index (χ0v) is 14.7. The molecule has 140 valence electrons. The molecule has 0 saturated carbocycles. The minimum absolute atomic E-state index is 0.0385. The molecule has 28 heavy (non-hydrogen) atoms. The van der Waals surface area contributed by atoms with Crippen LogP contribution in [-0.4, -0.2) is 15.2 Å². The van der Waals surface area contributed by atoms with Crippen LogP contribution in [-0.2, 0) is 6.18 Å². The van der Waals surface area contributed by atoms with Gasteiger partial charge in [0.1, 0.15) is 5.75 Å². The monoisotopic (exact) mass is 381 g/mol. The number of nitrogens with zero attached hydrogens (tertiary/aromatic N) is 3. The number of benzene rings is 2. The van der Waals surface area contributed by atoms with Gasteiger partial charge in [-0.15, -0.1) is 5.10 Å². The van der Waals surface area contributed by atoms with Crippen LogP contribution in [0.1, 0.15) is 11.3 Å². The van der Waals surface area contributed by atoms with E-state index in [1.807, 2.05) is 12.1 Å². The molecular weight excluding hydrogens is 367 g/mol. The Morgan fingerprint density at radius 3 is 2.54 bits per heavy atom. The van der Waals surface area contributed by atoms with E-state index < -0.39 is 11.7 Å². The van der Waals surface area contributed by atoms with E-state index >= 15 is 0 Å². The van der Waals surface area contributed by atoms with Crippen LogP contribution in [0.3, 0.4) is 0 Å². The fourth-order valence-corrected chi connectivity index (χ4v) is 2.96. The quantitative estimate of drug-likeness (QED) is 0.449. The van der Waals surface area contributed by atoms with Crippen molar-refractivity contribution in [1.82, 2.24) is 15.2 Å². The maximum absolute atomic E-state index is 13.3. The van der Waals surface area contributed by atoms with Crippen molar-refractivity contribution in [2.75, 3.05) is 0 Å². The Bertz CT molecular complexity index is 1150. The Morgan fingerprint density at radius 1 is 0.929 bits per heavy atom. The highest BCUT2D eigenvalue weighted by Gasteiger charge is 2.31. The molecule has 0 saturated heterocycles. The summed E-state index contributed by atoms with van der Waals surface area (Å²) < 4.78 is 45.7. The number of fused-ring (bicyclic) bond motifs is 1. The minimum Gasteiger partial charge on any atom is -0.436 e. The summed E-state index contributed by atoms with van der Waals surface area (Å²) in [6.07, 6.45) is -1.30. The highest BCUT2D eigenvalue weighted by Crippen LogP contribution is 2.40. The number of aromatic nitrogens is 3. The van der Waals surface area contributed by atoms with Crippen LogP contribution in [0.25, 0.3) is 21.9 Å². The molecular formula is C21H14F3N3O. The summed E-state index contributed by atoms with van der Waals surface area (Å²) in [5.74, 6) is 0.178. The Balaban J connectivity index is 1.89. The van der Waals surface area contributed by atoms with Crippen LogP contribution >= 0.6 is 0 Å². The predicted molar refractivity (Wildman–Crippen MR) is 99.0 cm³/mol. The molecule has 0 unspecified atom stereocenters. The molecule has 0 atom stereocenters. The van der Waals surface area contributed by atoms with Gasteiger partial charge in [0.15, 0.2) is 0 Å². The third-order valence-electron chi connectivity index (χ3n) is 4.35. The van der Waals surface area contributed by atoms with Gasteiger partial charge in [-0.3, -0.25) is 4.98 Å². The SMILES string of the molecule is Cc1ncccc1-c1ccc(C(F)(F)F)cc1Oc1nncc2ccccc12. The summed E-state index contributed by atoms with van der Waals surface area (Å²) in [6, 6.07) is 14.2. The molecule has 0 radical (unpaired) electrons. The zero-order chi connectivity index (χ0) is 19.7. The van der Waals surface area contributed by atoms with Crippen LogP contribution in [0, 0.1) is 6.92 Å². The number of halogens is 3. The topological polar surface area (TPSA) is 47.9 Å². The summed E-state index contributed by atoms with van der Waals surface area (Å²) in [6.45, 7) is 1.79. The number of pyridine rings is 1. The molecule has 0 fully saturated rings. The van der Waals surface area contributed by atoms with Crippen molar-refractivity contribution in [3.8, 4) is 22.8 Å². The van der Waals surface area contributed by atoms with Crippen LogP contribution in [0.4, 0.5) is 13.2 Å². The summed E-state index contributed by atoms with van der Waals surface area (Å²) in [5.41, 5.74) is 1.05. The van der Waals surface area contributed by atoms with Gasteiger partial charge < -0.3 is 4.74 Å². The van der Waals surface area contributed by atoms with Gasteiger partial charge in [0.25, 0.3) is 0 Å². The van der Waals surface area contributed by atoms with Gasteiger partial charge in [0.2, 0.25) is 5.88 Å². The van der Waals surface area contributed by atoms with Gasteiger partial charge >= 0.3 is 6.18 Å². The van der Waals surface area contributed by atoms with Gasteiger partial charge in [0, 0.05) is 33.8 Å². The van der Waals surface area contributed by atoms with E-state index in [9.17, 15) is 13.2 Å². The summed E-state index contributed by atoms with van der Waals surface area (Å²) in [7, 11) is 0. The van der Waals surface area contributed by atoms with Gasteiger partial charge in [-0.1, -0.05) is 24.3 Å². The van der Waals surface area contributed by atoms with E-state index in [4.69, 9.17) is 4.74 Å². The van der Waals surface area contributed by atoms with Crippen LogP contribution in [0.5, 0.6) is 11.6 Å². The number of ether oxygens (including phenoxy) is 1. The van der Waals surface area contributed by atoms with Crippen molar-refractivity contribution in [1.29, 1.82) is 0 Å². The molecule has 0 aliphatic heterocycles. The Labute approximate surface area is 158 Å². The Morgan fingerprint density at radius 2 is 1.75 bits per heavy atom. The lowest BCUT2D eigenvalue weighted by Crippen LogP contribution is -2.05. The van der Waals surface area contributed by atoms with Crippen molar-refractivity contribution in [3.63, 3.8) is 0 Å². The standard InChI is InChI=1S/C21H14F3N3O/c1-13-16(7-4-10-25-13)18-9-8-15(21(22,23)24)11-19(18)28-20-17-6-3-2-5-14(17)12-26-27-20/h2-12H,1H3. The fourth-order valence-electron chi connectivity index (χ4n) is 2.96. The zero-order valence-electron chi connectivity index (χ0n) is 14.7. The van der Waals surface area contributed by atoms with Crippen LogP contribution < -0.4 is 4.74 Å². The molecule has 0 amide bonds. The first-order valence-corrected chi connectivity index (χ1v) is 8.45. The van der Waals surface area contributed by atoms with E-state index in [0.717, 1.165) is 17.5 Å². The molecule has 0 spiro atoms. The van der Waals surface area contributed by atoms with Gasteiger partial charge in [-0.05, 0) is 37.3 Å². The molecule has 7 heteroatoms. The molecule has 4 rings (SSSR count). The molecule has 2 heterocycles. The molecule has 2 aromatic carbocycles. The van der Waals surface area contributed by atoms with Crippen LogP contribution in [0.15, 0.2) is 67.0 Å². The highest BCUT2D eigenvalue weighted by atomic mass is 19.4. The van der Waals surface area contributed by atoms with Crippen LogP contribution in [0.2, 0.25) is 0 Å². The molecule has 4 aromatic rings. The Kier molecular flexibility index (Phi) is 4.43. The second-order valence-corrected chi connectivity index (χ2v) is 6.18. The molecule has 0 aliphatic carbocycles. The molecule has 4 nitrogen and oxygen atoms in total. The number of alkyl halides is 3. The van der Waals surface area contributed by atoms with Gasteiger partial charge in [0.05, 0.1) is 11.8 Å². The second-order valence-electron chi connectivity index (χ2n) is 6.18. The van der Waals surface area contributed by atoms with Crippen molar-refractivity contribution < 1.29 is 17.9 Å². The van der Waals surface area contributed by atoms with E-state index in [2.05, 4.69) is 15.2 Å². The molecule has 0 bridgehead atoms. The lowest BCUT2D eigenvalue weighted by molar-refractivity contribution is -0.137. The summed E-state index contributed by atoms with van der Waals surface area (Å²) in [5, 5.41) is 9.31. The summed E-state index contributed by atoms with van der Waals surface area (Å²) >= 11 is 0. The largest absolute Gasteiger partial charge is 0.436 e. The van der Waals surface area contributed by atoms with Crippen molar-refractivity contribution in [2.45, 2.75) is 13.1 Å². The first kappa shape index (κ1) is 17.9. The van der Waals surface area contributed by atoms with Gasteiger partial charge in [-0.2, -0.15) is 18.3 Å². The van der Waals surface area contributed by atoms with E-state index in [0.29, 0.717) is 22.2 Å². The second kappa shape index (κ2) is 6.92. The molecule has 0 aliphatic rings. The number of aryl methyl sites for hydroxylation is 1. The maximum atomic E-state index is 13.3. The van der Waals surface area contributed by atoms with Crippen molar-refractivity contribution >= 4 is 10.8 Å². The third-order valence-corrected chi connectivity index (χ3v) is 4.35. The van der Waals surface area contributed by atoms with E-state index in [1.54, 1.807) is 43.6 Å². The van der Waals surface area contributed by atoms with E-state index in [1.165, 1.54) is 6.07 Å². The predicted octanol–water partition coefficient (Wildman–Crippen LogP) is 5.81. The highest BCUT2D eigenvalue weighted by molar-refractivity contribution is 5.86. The lowest BCUT2D eigenvalue weighted by Gasteiger charge is -2.15. The number of rotatable bonds is 3. The van der Waals surface area contributed by atoms with E-state index in [-0.39, 0.29) is 11.6 Å². The maximum Gasteiger partial charge on any atom is 0.416 e. The first-order chi connectivity index (χ1) is 13.4.